The number of hydrogen-bond acceptors (Lipinski definition) is 3. The maximum absolute atomic E-state index is 11.0. The third-order valence-electron chi connectivity index (χ3n) is 1.42. The van der Waals surface area contributed by atoms with Crippen LogP contribution in [-0.2, 0) is 4.79 Å². The highest BCUT2D eigenvalue weighted by Gasteiger charge is 2.10. The summed E-state index contributed by atoms with van der Waals surface area (Å²) < 4.78 is 0.691. The number of benzene rings is 1. The van der Waals surface area contributed by atoms with E-state index in [9.17, 15) is 14.9 Å². The van der Waals surface area contributed by atoms with E-state index in [0.29, 0.717) is 10.2 Å². The lowest BCUT2D eigenvalue weighted by molar-refractivity contribution is -0.467. The Morgan fingerprint density at radius 2 is 2.14 bits per heavy atom. The third kappa shape index (κ3) is 3.14. The highest BCUT2D eigenvalue weighted by atomic mass is 79.9. The minimum atomic E-state index is -0.721. The van der Waals surface area contributed by atoms with E-state index in [1.54, 1.807) is 24.3 Å². The van der Waals surface area contributed by atoms with Crippen LogP contribution in [0.1, 0.15) is 0 Å². The van der Waals surface area contributed by atoms with E-state index in [4.69, 9.17) is 0 Å². The van der Waals surface area contributed by atoms with Crippen molar-refractivity contribution in [3.8, 4) is 0 Å². The zero-order valence-corrected chi connectivity index (χ0v) is 8.65. The number of nitrogens with one attached hydrogen (secondary N) is 1. The van der Waals surface area contributed by atoms with Gasteiger partial charge in [-0.15, -0.1) is 0 Å². The summed E-state index contributed by atoms with van der Waals surface area (Å²) in [6, 6.07) is 6.91. The van der Waals surface area contributed by atoms with Crippen LogP contribution in [0.4, 0.5) is 5.69 Å². The fourth-order valence-corrected chi connectivity index (χ4v) is 1.25. The fourth-order valence-electron chi connectivity index (χ4n) is 0.870. The molecule has 1 N–H and O–H groups in total. The predicted molar refractivity (Wildman–Crippen MR) is 54.6 cm³/mol. The third-order valence-corrected chi connectivity index (χ3v) is 2.11. The Morgan fingerprint density at radius 1 is 1.50 bits per heavy atom. The lowest BCUT2D eigenvalue weighted by Gasteiger charge is -2.03. The lowest BCUT2D eigenvalue weighted by Crippen LogP contribution is -2.21. The summed E-state index contributed by atoms with van der Waals surface area (Å²) in [5.74, 6) is -0.637. The van der Waals surface area contributed by atoms with Gasteiger partial charge in [0.1, 0.15) is 0 Å². The van der Waals surface area contributed by atoms with Gasteiger partial charge < -0.3 is 5.32 Å². The number of carbonyl (C=O) groups is 1. The molecule has 0 spiro atoms. The zero-order valence-electron chi connectivity index (χ0n) is 7.07. The summed E-state index contributed by atoms with van der Waals surface area (Å²) in [6.45, 7) is -0.721. The Balaban J connectivity index is 2.65. The molecule has 0 aliphatic carbocycles. The second-order valence-electron chi connectivity index (χ2n) is 2.52. The molecule has 1 aromatic carbocycles. The number of nitro groups is 1. The topological polar surface area (TPSA) is 72.2 Å². The van der Waals surface area contributed by atoms with Gasteiger partial charge in [-0.05, 0) is 28.1 Å². The van der Waals surface area contributed by atoms with Gasteiger partial charge in [0.2, 0.25) is 0 Å². The SMILES string of the molecule is O=C(C[N+](=O)[O-])Nc1ccccc1Br. The molecule has 6 heteroatoms. The van der Waals surface area contributed by atoms with Gasteiger partial charge in [0.15, 0.2) is 0 Å². The maximum Gasteiger partial charge on any atom is 0.296 e. The highest BCUT2D eigenvalue weighted by molar-refractivity contribution is 9.10. The number of hydrogen-bond donors (Lipinski definition) is 1. The molecule has 0 atom stereocenters. The molecule has 0 saturated carbocycles. The summed E-state index contributed by atoms with van der Waals surface area (Å²) in [4.78, 5) is 20.3. The minimum Gasteiger partial charge on any atom is -0.319 e. The normalized spacial score (nSPS) is 9.50. The van der Waals surface area contributed by atoms with E-state index < -0.39 is 17.4 Å². The number of anilines is 1. The van der Waals surface area contributed by atoms with Gasteiger partial charge in [0, 0.05) is 9.40 Å². The molecule has 0 saturated heterocycles. The van der Waals surface area contributed by atoms with Gasteiger partial charge in [-0.3, -0.25) is 14.9 Å². The van der Waals surface area contributed by atoms with E-state index in [-0.39, 0.29) is 0 Å². The fraction of sp³-hybridized carbons (Fsp3) is 0.125. The largest absolute Gasteiger partial charge is 0.319 e. The molecule has 1 amide bonds. The molecular weight excluding hydrogens is 252 g/mol. The van der Waals surface area contributed by atoms with Crippen LogP contribution in [0.25, 0.3) is 0 Å². The van der Waals surface area contributed by atoms with Crippen molar-refractivity contribution in [2.24, 2.45) is 0 Å². The van der Waals surface area contributed by atoms with Gasteiger partial charge in [-0.2, -0.15) is 0 Å². The van der Waals surface area contributed by atoms with Crippen LogP contribution in [-0.4, -0.2) is 17.4 Å². The van der Waals surface area contributed by atoms with Crippen molar-refractivity contribution in [2.75, 3.05) is 11.9 Å². The molecule has 1 aromatic rings. The Labute approximate surface area is 88.4 Å². The van der Waals surface area contributed by atoms with Gasteiger partial charge in [-0.25, -0.2) is 0 Å². The van der Waals surface area contributed by atoms with Crippen molar-refractivity contribution in [1.29, 1.82) is 0 Å². The van der Waals surface area contributed by atoms with Crippen molar-refractivity contribution < 1.29 is 9.72 Å². The molecule has 14 heavy (non-hydrogen) atoms. The zero-order chi connectivity index (χ0) is 10.6. The average molecular weight is 259 g/mol. The molecule has 0 heterocycles. The van der Waals surface area contributed by atoms with Gasteiger partial charge in [-0.1, -0.05) is 12.1 Å². The molecule has 0 bridgehead atoms. The smallest absolute Gasteiger partial charge is 0.296 e. The van der Waals surface area contributed by atoms with Crippen LogP contribution < -0.4 is 5.32 Å². The minimum absolute atomic E-state index is 0.527. The van der Waals surface area contributed by atoms with Crippen LogP contribution >= 0.6 is 15.9 Å². The molecule has 0 aliphatic rings. The van der Waals surface area contributed by atoms with Crippen molar-refractivity contribution in [3.05, 3.63) is 38.9 Å². The van der Waals surface area contributed by atoms with E-state index in [1.165, 1.54) is 0 Å². The monoisotopic (exact) mass is 258 g/mol. The van der Waals surface area contributed by atoms with Crippen molar-refractivity contribution >= 4 is 27.5 Å². The van der Waals surface area contributed by atoms with E-state index in [2.05, 4.69) is 21.2 Å². The molecule has 5 nitrogen and oxygen atoms in total. The van der Waals surface area contributed by atoms with Crippen LogP contribution in [0.2, 0.25) is 0 Å². The van der Waals surface area contributed by atoms with E-state index in [1.807, 2.05) is 0 Å². The molecule has 0 unspecified atom stereocenters. The standard InChI is InChI=1S/C8H7BrN2O3/c9-6-3-1-2-4-7(6)10-8(12)5-11(13)14/h1-4H,5H2,(H,10,12). The number of para-hydroxylation sites is 1. The molecule has 0 aliphatic heterocycles. The molecule has 0 fully saturated rings. The van der Waals surface area contributed by atoms with Gasteiger partial charge in [0.05, 0.1) is 5.69 Å². The van der Waals surface area contributed by atoms with Crippen molar-refractivity contribution in [2.45, 2.75) is 0 Å². The van der Waals surface area contributed by atoms with Crippen LogP contribution in [0.15, 0.2) is 28.7 Å². The first-order valence-electron chi connectivity index (χ1n) is 3.76. The average Bonchev–Trinajstić information content (AvgIpc) is 2.07. The number of nitrogens with zero attached hydrogens (tertiary/aromatic N) is 1. The van der Waals surface area contributed by atoms with Crippen molar-refractivity contribution in [1.82, 2.24) is 0 Å². The summed E-state index contributed by atoms with van der Waals surface area (Å²) >= 11 is 3.21. The number of amides is 1. The first kappa shape index (κ1) is 10.6. The molecule has 0 aromatic heterocycles. The summed E-state index contributed by atoms with van der Waals surface area (Å²) in [6.07, 6.45) is 0. The second kappa shape index (κ2) is 4.71. The first-order chi connectivity index (χ1) is 6.59. The van der Waals surface area contributed by atoms with Crippen LogP contribution in [0.3, 0.4) is 0 Å². The van der Waals surface area contributed by atoms with Crippen LogP contribution in [0, 0.1) is 10.1 Å². The summed E-state index contributed by atoms with van der Waals surface area (Å²) in [7, 11) is 0. The Bertz CT molecular complexity index is 367. The number of halogens is 1. The first-order valence-corrected chi connectivity index (χ1v) is 4.55. The van der Waals surface area contributed by atoms with E-state index >= 15 is 0 Å². The maximum atomic E-state index is 11.0. The Hall–Kier alpha value is -1.43. The molecule has 0 radical (unpaired) electrons. The highest BCUT2D eigenvalue weighted by Crippen LogP contribution is 2.20. The summed E-state index contributed by atoms with van der Waals surface area (Å²) in [5.41, 5.74) is 0.527. The van der Waals surface area contributed by atoms with E-state index in [0.717, 1.165) is 0 Å². The molecule has 1 rings (SSSR count). The predicted octanol–water partition coefficient (Wildman–Crippen LogP) is 1.66. The molecule has 74 valence electrons. The quantitative estimate of drug-likeness (QED) is 0.662. The Kier molecular flexibility index (Phi) is 3.58. The molecular formula is C8H7BrN2O3. The summed E-state index contributed by atoms with van der Waals surface area (Å²) in [5, 5.41) is 12.4. The number of carbonyl (C=O) groups excluding carboxylic acids is 1. The van der Waals surface area contributed by atoms with Crippen molar-refractivity contribution in [3.63, 3.8) is 0 Å². The van der Waals surface area contributed by atoms with Gasteiger partial charge >= 0.3 is 0 Å². The Morgan fingerprint density at radius 3 is 2.71 bits per heavy atom. The lowest BCUT2D eigenvalue weighted by atomic mass is 10.3. The number of rotatable bonds is 3. The van der Waals surface area contributed by atoms with Gasteiger partial charge in [0.25, 0.3) is 12.5 Å². The van der Waals surface area contributed by atoms with Crippen LogP contribution in [0.5, 0.6) is 0 Å². The second-order valence-corrected chi connectivity index (χ2v) is 3.37.